The molecule has 2 N–H and O–H groups in total. The van der Waals surface area contributed by atoms with Crippen molar-refractivity contribution in [2.45, 2.75) is 19.8 Å². The van der Waals surface area contributed by atoms with Gasteiger partial charge >= 0.3 is 0 Å². The Hall–Kier alpha value is -2.66. The maximum absolute atomic E-state index is 6.16. The van der Waals surface area contributed by atoms with Gasteiger partial charge in [-0.1, -0.05) is 36.4 Å². The number of aryl methyl sites for hydroxylation is 1. The summed E-state index contributed by atoms with van der Waals surface area (Å²) in [7, 11) is 1.70. The van der Waals surface area contributed by atoms with Gasteiger partial charge in [0.1, 0.15) is 5.75 Å². The predicted octanol–water partition coefficient (Wildman–Crippen LogP) is 3.92. The van der Waals surface area contributed by atoms with Crippen LogP contribution < -0.4 is 10.5 Å². The van der Waals surface area contributed by atoms with Gasteiger partial charge in [-0.15, -0.1) is 12.3 Å². The third-order valence-corrected chi connectivity index (χ3v) is 3.59. The van der Waals surface area contributed by atoms with E-state index in [0.29, 0.717) is 6.42 Å². The molecular weight excluding hydrogens is 270 g/mol. The number of methoxy groups -OCH3 is 1. The zero-order chi connectivity index (χ0) is 15.9. The molecule has 2 heteroatoms. The Morgan fingerprint density at radius 3 is 2.73 bits per heavy atom. The summed E-state index contributed by atoms with van der Waals surface area (Å²) in [6.45, 7) is 2.06. The second-order valence-corrected chi connectivity index (χ2v) is 5.22. The van der Waals surface area contributed by atoms with E-state index < -0.39 is 0 Å². The van der Waals surface area contributed by atoms with Crippen molar-refractivity contribution < 1.29 is 4.74 Å². The van der Waals surface area contributed by atoms with Crippen molar-refractivity contribution in [1.82, 2.24) is 0 Å². The second kappa shape index (κ2) is 7.38. The van der Waals surface area contributed by atoms with Gasteiger partial charge in [0.25, 0.3) is 0 Å². The Labute approximate surface area is 132 Å². The summed E-state index contributed by atoms with van der Waals surface area (Å²) in [6.07, 6.45) is 8.49. The van der Waals surface area contributed by atoms with Crippen LogP contribution in [0.4, 0.5) is 0 Å². The largest absolute Gasteiger partial charge is 0.496 e. The molecule has 2 aromatic carbocycles. The smallest absolute Gasteiger partial charge is 0.122 e. The topological polar surface area (TPSA) is 35.2 Å². The van der Waals surface area contributed by atoms with Gasteiger partial charge < -0.3 is 10.5 Å². The standard InChI is InChI=1S/C20H21NO/c1-4-5-10-19(21)18-9-7-6-8-16(18)14-17-12-11-15(2)13-20(17)22-3/h1,6-13H,5,14,21H2,2-3H3/b19-10+. The molecule has 0 heterocycles. The highest BCUT2D eigenvalue weighted by atomic mass is 16.5. The Kier molecular flexibility index (Phi) is 5.27. The van der Waals surface area contributed by atoms with E-state index in [1.807, 2.05) is 24.3 Å². The zero-order valence-electron chi connectivity index (χ0n) is 13.1. The minimum absolute atomic E-state index is 0.536. The average molecular weight is 291 g/mol. The molecule has 2 rings (SSSR count). The van der Waals surface area contributed by atoms with Crippen LogP contribution in [0, 0.1) is 19.3 Å². The van der Waals surface area contributed by atoms with E-state index in [0.717, 1.165) is 34.6 Å². The monoisotopic (exact) mass is 291 g/mol. The number of nitrogens with two attached hydrogens (primary N) is 1. The van der Waals surface area contributed by atoms with Crippen molar-refractivity contribution in [3.8, 4) is 18.1 Å². The molecule has 0 aliphatic heterocycles. The number of rotatable bonds is 5. The van der Waals surface area contributed by atoms with E-state index in [4.69, 9.17) is 16.9 Å². The summed E-state index contributed by atoms with van der Waals surface area (Å²) in [5, 5.41) is 0. The molecule has 0 aliphatic carbocycles. The van der Waals surface area contributed by atoms with Crippen molar-refractivity contribution in [2.75, 3.05) is 7.11 Å². The van der Waals surface area contributed by atoms with Gasteiger partial charge in [-0.3, -0.25) is 0 Å². The first-order valence-electron chi connectivity index (χ1n) is 7.26. The molecule has 0 bridgehead atoms. The molecule has 22 heavy (non-hydrogen) atoms. The van der Waals surface area contributed by atoms with E-state index in [1.165, 1.54) is 5.56 Å². The van der Waals surface area contributed by atoms with Crippen LogP contribution in [0.1, 0.15) is 28.7 Å². The van der Waals surface area contributed by atoms with E-state index in [-0.39, 0.29) is 0 Å². The summed E-state index contributed by atoms with van der Waals surface area (Å²) in [6, 6.07) is 14.4. The Balaban J connectivity index is 2.37. The Morgan fingerprint density at radius 2 is 2.00 bits per heavy atom. The molecule has 0 saturated heterocycles. The Morgan fingerprint density at radius 1 is 1.23 bits per heavy atom. The van der Waals surface area contributed by atoms with Gasteiger partial charge in [-0.25, -0.2) is 0 Å². The highest BCUT2D eigenvalue weighted by molar-refractivity contribution is 5.66. The van der Waals surface area contributed by atoms with E-state index in [9.17, 15) is 0 Å². The molecule has 0 fully saturated rings. The lowest BCUT2D eigenvalue weighted by atomic mass is 9.96. The highest BCUT2D eigenvalue weighted by Crippen LogP contribution is 2.26. The van der Waals surface area contributed by atoms with Crippen LogP contribution in [0.2, 0.25) is 0 Å². The molecule has 0 aromatic heterocycles. The molecule has 2 aromatic rings. The summed E-state index contributed by atoms with van der Waals surface area (Å²) in [4.78, 5) is 0. The molecule has 0 radical (unpaired) electrons. The first-order valence-corrected chi connectivity index (χ1v) is 7.26. The Bertz CT molecular complexity index is 723. The first-order chi connectivity index (χ1) is 10.7. The maximum Gasteiger partial charge on any atom is 0.122 e. The fourth-order valence-corrected chi connectivity index (χ4v) is 2.44. The third-order valence-electron chi connectivity index (χ3n) is 3.59. The van der Waals surface area contributed by atoms with Crippen molar-refractivity contribution in [2.24, 2.45) is 5.73 Å². The van der Waals surface area contributed by atoms with Crippen LogP contribution in [-0.4, -0.2) is 7.11 Å². The molecule has 0 amide bonds. The number of hydrogen-bond acceptors (Lipinski definition) is 2. The maximum atomic E-state index is 6.16. The van der Waals surface area contributed by atoms with Crippen LogP contribution in [0.15, 0.2) is 48.5 Å². The normalized spacial score (nSPS) is 11.0. The number of benzene rings is 2. The summed E-state index contributed by atoms with van der Waals surface area (Å²) < 4.78 is 5.49. The van der Waals surface area contributed by atoms with E-state index >= 15 is 0 Å². The van der Waals surface area contributed by atoms with E-state index in [2.05, 4.69) is 37.1 Å². The van der Waals surface area contributed by atoms with Gasteiger partial charge in [0.15, 0.2) is 0 Å². The van der Waals surface area contributed by atoms with Crippen LogP contribution in [0.5, 0.6) is 5.75 Å². The number of ether oxygens (including phenoxy) is 1. The number of allylic oxidation sites excluding steroid dienone is 1. The summed E-state index contributed by atoms with van der Waals surface area (Å²) >= 11 is 0. The van der Waals surface area contributed by atoms with Crippen LogP contribution in [0.3, 0.4) is 0 Å². The first kappa shape index (κ1) is 15.7. The van der Waals surface area contributed by atoms with E-state index in [1.54, 1.807) is 7.11 Å². The molecule has 0 spiro atoms. The SMILES string of the molecule is C#CC/C=C(/N)c1ccccc1Cc1ccc(C)cc1OC. The predicted molar refractivity (Wildman–Crippen MR) is 92.6 cm³/mol. The lowest BCUT2D eigenvalue weighted by Gasteiger charge is -2.13. The zero-order valence-corrected chi connectivity index (χ0v) is 13.1. The van der Waals surface area contributed by atoms with Gasteiger partial charge in [-0.2, -0.15) is 0 Å². The molecule has 0 unspecified atom stereocenters. The second-order valence-electron chi connectivity index (χ2n) is 5.22. The van der Waals surface area contributed by atoms with Crippen molar-refractivity contribution >= 4 is 5.70 Å². The van der Waals surface area contributed by atoms with Crippen LogP contribution in [0.25, 0.3) is 5.70 Å². The summed E-state index contributed by atoms with van der Waals surface area (Å²) in [5.74, 6) is 3.49. The lowest BCUT2D eigenvalue weighted by Crippen LogP contribution is -2.03. The molecule has 0 saturated carbocycles. The van der Waals surface area contributed by atoms with Crippen molar-refractivity contribution in [1.29, 1.82) is 0 Å². The van der Waals surface area contributed by atoms with Gasteiger partial charge in [-0.05, 0) is 35.8 Å². The van der Waals surface area contributed by atoms with Crippen molar-refractivity contribution in [3.05, 3.63) is 70.8 Å². The fourth-order valence-electron chi connectivity index (χ4n) is 2.44. The van der Waals surface area contributed by atoms with Crippen LogP contribution >= 0.6 is 0 Å². The highest BCUT2D eigenvalue weighted by Gasteiger charge is 2.09. The molecule has 0 atom stereocenters. The third kappa shape index (κ3) is 3.71. The molecule has 112 valence electrons. The minimum Gasteiger partial charge on any atom is -0.496 e. The number of terminal acetylenes is 1. The van der Waals surface area contributed by atoms with Crippen LogP contribution in [-0.2, 0) is 6.42 Å². The molecular formula is C20H21NO. The summed E-state index contributed by atoms with van der Waals surface area (Å²) in [5.41, 5.74) is 11.4. The van der Waals surface area contributed by atoms with Gasteiger partial charge in [0.05, 0.1) is 7.11 Å². The van der Waals surface area contributed by atoms with Gasteiger partial charge in [0, 0.05) is 24.1 Å². The lowest BCUT2D eigenvalue weighted by molar-refractivity contribution is 0.410. The fraction of sp³-hybridized carbons (Fsp3) is 0.200. The van der Waals surface area contributed by atoms with Crippen molar-refractivity contribution in [3.63, 3.8) is 0 Å². The number of hydrogen-bond donors (Lipinski definition) is 1. The molecule has 0 aliphatic rings. The molecule has 2 nitrogen and oxygen atoms in total. The van der Waals surface area contributed by atoms with Gasteiger partial charge in [0.2, 0.25) is 0 Å². The quantitative estimate of drug-likeness (QED) is 0.847. The average Bonchev–Trinajstić information content (AvgIpc) is 2.54. The minimum atomic E-state index is 0.536.